The summed E-state index contributed by atoms with van der Waals surface area (Å²) in [7, 11) is 1.64. The number of nitrogens with one attached hydrogen (secondary N) is 1. The van der Waals surface area contributed by atoms with Crippen molar-refractivity contribution in [2.45, 2.75) is 38.9 Å². The van der Waals surface area contributed by atoms with E-state index in [9.17, 15) is 4.79 Å². The van der Waals surface area contributed by atoms with Gasteiger partial charge in [-0.1, -0.05) is 0 Å². The van der Waals surface area contributed by atoms with E-state index < -0.39 is 5.54 Å². The van der Waals surface area contributed by atoms with Crippen LogP contribution in [-0.4, -0.2) is 55.5 Å². The zero-order valence-electron chi connectivity index (χ0n) is 11.5. The molecule has 0 bridgehead atoms. The van der Waals surface area contributed by atoms with E-state index in [0.29, 0.717) is 26.4 Å². The van der Waals surface area contributed by atoms with Crippen LogP contribution in [0.4, 0.5) is 0 Å². The van der Waals surface area contributed by atoms with Gasteiger partial charge in [-0.15, -0.1) is 0 Å². The van der Waals surface area contributed by atoms with Gasteiger partial charge in [0.15, 0.2) is 0 Å². The Morgan fingerprint density at radius 3 is 2.29 bits per heavy atom. The predicted octanol–water partition coefficient (Wildman–Crippen LogP) is 0.596. The second-order valence-corrected chi connectivity index (χ2v) is 5.37. The van der Waals surface area contributed by atoms with Gasteiger partial charge in [0.2, 0.25) is 5.91 Å². The van der Waals surface area contributed by atoms with Gasteiger partial charge in [0.25, 0.3) is 0 Å². The van der Waals surface area contributed by atoms with E-state index in [2.05, 4.69) is 5.32 Å². The molecule has 0 saturated carbocycles. The summed E-state index contributed by atoms with van der Waals surface area (Å²) in [6.45, 7) is 10.1. The van der Waals surface area contributed by atoms with Crippen LogP contribution in [0.15, 0.2) is 0 Å². The molecule has 1 fully saturated rings. The minimum Gasteiger partial charge on any atom is -0.382 e. The Labute approximate surface area is 103 Å². The molecule has 0 aromatic heterocycles. The van der Waals surface area contributed by atoms with Gasteiger partial charge in [-0.05, 0) is 27.7 Å². The van der Waals surface area contributed by atoms with E-state index in [1.54, 1.807) is 7.11 Å². The molecule has 17 heavy (non-hydrogen) atoms. The first-order chi connectivity index (χ1) is 7.81. The first-order valence-electron chi connectivity index (χ1n) is 5.99. The number of amides is 1. The van der Waals surface area contributed by atoms with Gasteiger partial charge in [0, 0.05) is 13.7 Å². The van der Waals surface area contributed by atoms with Crippen LogP contribution in [0.3, 0.4) is 0 Å². The lowest BCUT2D eigenvalue weighted by Gasteiger charge is -2.31. The number of ether oxygens (including phenoxy) is 2. The standard InChI is InChI=1S/C12H24N2O3/c1-11(2)10(15)14(12(3,4)13-11)6-7-17-9-8-16-5/h13H,6-9H2,1-5H3. The van der Waals surface area contributed by atoms with E-state index in [0.717, 1.165) is 0 Å². The van der Waals surface area contributed by atoms with Crippen LogP contribution < -0.4 is 5.32 Å². The minimum absolute atomic E-state index is 0.123. The molecule has 0 radical (unpaired) electrons. The summed E-state index contributed by atoms with van der Waals surface area (Å²) >= 11 is 0. The summed E-state index contributed by atoms with van der Waals surface area (Å²) < 4.78 is 10.3. The summed E-state index contributed by atoms with van der Waals surface area (Å²) in [5.74, 6) is 0.123. The largest absolute Gasteiger partial charge is 0.382 e. The Balaban J connectivity index is 2.44. The molecule has 1 saturated heterocycles. The number of carbonyl (C=O) groups is 1. The highest BCUT2D eigenvalue weighted by atomic mass is 16.5. The Morgan fingerprint density at radius 1 is 1.18 bits per heavy atom. The van der Waals surface area contributed by atoms with E-state index in [4.69, 9.17) is 9.47 Å². The van der Waals surface area contributed by atoms with Crippen LogP contribution in [0.25, 0.3) is 0 Å². The number of hydrogen-bond donors (Lipinski definition) is 1. The molecule has 0 spiro atoms. The van der Waals surface area contributed by atoms with Crippen LogP contribution in [0.2, 0.25) is 0 Å². The molecular formula is C12H24N2O3. The average Bonchev–Trinajstić information content (AvgIpc) is 2.35. The van der Waals surface area contributed by atoms with E-state index >= 15 is 0 Å². The fourth-order valence-electron chi connectivity index (χ4n) is 2.26. The zero-order chi connectivity index (χ0) is 13.1. The van der Waals surface area contributed by atoms with Gasteiger partial charge in [-0.25, -0.2) is 0 Å². The van der Waals surface area contributed by atoms with Gasteiger partial charge in [0.1, 0.15) is 0 Å². The molecule has 1 aliphatic rings. The first-order valence-corrected chi connectivity index (χ1v) is 5.99. The lowest BCUT2D eigenvalue weighted by atomic mass is 10.1. The zero-order valence-corrected chi connectivity index (χ0v) is 11.5. The highest BCUT2D eigenvalue weighted by Gasteiger charge is 2.48. The fraction of sp³-hybridized carbons (Fsp3) is 0.917. The Bertz CT molecular complexity index is 277. The summed E-state index contributed by atoms with van der Waals surface area (Å²) in [6, 6.07) is 0. The van der Waals surface area contributed by atoms with Crippen LogP contribution in [0.5, 0.6) is 0 Å². The van der Waals surface area contributed by atoms with Crippen LogP contribution in [-0.2, 0) is 14.3 Å². The van der Waals surface area contributed by atoms with Gasteiger partial charge >= 0.3 is 0 Å². The van der Waals surface area contributed by atoms with Crippen molar-refractivity contribution in [3.05, 3.63) is 0 Å². The van der Waals surface area contributed by atoms with E-state index in [1.807, 2.05) is 32.6 Å². The maximum Gasteiger partial charge on any atom is 0.243 e. The molecule has 5 nitrogen and oxygen atoms in total. The molecule has 0 atom stereocenters. The van der Waals surface area contributed by atoms with Crippen LogP contribution >= 0.6 is 0 Å². The van der Waals surface area contributed by atoms with Gasteiger partial charge in [0.05, 0.1) is 31.0 Å². The lowest BCUT2D eigenvalue weighted by Crippen LogP contribution is -2.49. The molecule has 1 amide bonds. The highest BCUT2D eigenvalue weighted by Crippen LogP contribution is 2.27. The SMILES string of the molecule is COCCOCCN1C(=O)C(C)(C)NC1(C)C. The fourth-order valence-corrected chi connectivity index (χ4v) is 2.26. The maximum atomic E-state index is 12.1. The Hall–Kier alpha value is -0.650. The third-order valence-electron chi connectivity index (χ3n) is 2.96. The van der Waals surface area contributed by atoms with Crippen molar-refractivity contribution in [3.63, 3.8) is 0 Å². The monoisotopic (exact) mass is 244 g/mol. The van der Waals surface area contributed by atoms with Crippen molar-refractivity contribution in [3.8, 4) is 0 Å². The molecule has 100 valence electrons. The second kappa shape index (κ2) is 5.33. The number of rotatable bonds is 6. The number of methoxy groups -OCH3 is 1. The van der Waals surface area contributed by atoms with Crippen molar-refractivity contribution in [1.29, 1.82) is 0 Å². The molecule has 1 rings (SSSR count). The van der Waals surface area contributed by atoms with Crippen molar-refractivity contribution < 1.29 is 14.3 Å². The summed E-state index contributed by atoms with van der Waals surface area (Å²) in [5, 5.41) is 3.32. The molecular weight excluding hydrogens is 220 g/mol. The number of carbonyl (C=O) groups excluding carboxylic acids is 1. The topological polar surface area (TPSA) is 50.8 Å². The molecule has 0 aromatic carbocycles. The third kappa shape index (κ3) is 3.40. The lowest BCUT2D eigenvalue weighted by molar-refractivity contribution is -0.134. The minimum atomic E-state index is -0.490. The molecule has 0 unspecified atom stereocenters. The summed E-state index contributed by atoms with van der Waals surface area (Å²) in [4.78, 5) is 14.0. The Kier molecular flexibility index (Phi) is 4.52. The van der Waals surface area contributed by atoms with Crippen LogP contribution in [0.1, 0.15) is 27.7 Å². The van der Waals surface area contributed by atoms with E-state index in [-0.39, 0.29) is 11.6 Å². The Morgan fingerprint density at radius 2 is 1.82 bits per heavy atom. The highest BCUT2D eigenvalue weighted by molar-refractivity contribution is 5.88. The molecule has 0 aromatic rings. The van der Waals surface area contributed by atoms with Gasteiger partial charge < -0.3 is 14.4 Å². The van der Waals surface area contributed by atoms with Gasteiger partial charge in [-0.2, -0.15) is 0 Å². The van der Waals surface area contributed by atoms with Crippen molar-refractivity contribution in [2.75, 3.05) is 33.5 Å². The average molecular weight is 244 g/mol. The van der Waals surface area contributed by atoms with E-state index in [1.165, 1.54) is 0 Å². The van der Waals surface area contributed by atoms with Crippen molar-refractivity contribution in [2.24, 2.45) is 0 Å². The quantitative estimate of drug-likeness (QED) is 0.695. The molecule has 1 aliphatic heterocycles. The molecule has 5 heteroatoms. The van der Waals surface area contributed by atoms with Crippen LogP contribution in [0, 0.1) is 0 Å². The second-order valence-electron chi connectivity index (χ2n) is 5.37. The van der Waals surface area contributed by atoms with Gasteiger partial charge in [-0.3, -0.25) is 10.1 Å². The maximum absolute atomic E-state index is 12.1. The number of nitrogens with zero attached hydrogens (tertiary/aromatic N) is 1. The predicted molar refractivity (Wildman–Crippen MR) is 65.7 cm³/mol. The molecule has 1 N–H and O–H groups in total. The molecule has 0 aliphatic carbocycles. The summed E-state index contributed by atoms with van der Waals surface area (Å²) in [5.41, 5.74) is -0.804. The third-order valence-corrected chi connectivity index (χ3v) is 2.96. The van der Waals surface area contributed by atoms with Crippen molar-refractivity contribution >= 4 is 5.91 Å². The smallest absolute Gasteiger partial charge is 0.243 e. The normalized spacial score (nSPS) is 22.2. The summed E-state index contributed by atoms with van der Waals surface area (Å²) in [6.07, 6.45) is 0. The first kappa shape index (κ1) is 14.4. The number of hydrogen-bond acceptors (Lipinski definition) is 4. The van der Waals surface area contributed by atoms with Crippen molar-refractivity contribution in [1.82, 2.24) is 10.2 Å². The molecule has 1 heterocycles.